The molecule has 5 nitrogen and oxygen atoms in total. The maximum Gasteiger partial charge on any atom is 0.252 e. The van der Waals surface area contributed by atoms with Gasteiger partial charge in [0.25, 0.3) is 5.91 Å². The molecular weight excluding hydrogens is 270 g/mol. The Bertz CT molecular complexity index is 712. The van der Waals surface area contributed by atoms with Crippen molar-refractivity contribution in [2.75, 3.05) is 5.32 Å². The van der Waals surface area contributed by atoms with Crippen molar-refractivity contribution >= 4 is 30.4 Å². The van der Waals surface area contributed by atoms with Crippen LogP contribution in [-0.4, -0.2) is 35.1 Å². The van der Waals surface area contributed by atoms with Crippen LogP contribution in [0, 0.1) is 0 Å². The highest BCUT2D eigenvalue weighted by Crippen LogP contribution is 2.36. The van der Waals surface area contributed by atoms with Crippen molar-refractivity contribution in [3.05, 3.63) is 24.0 Å². The van der Waals surface area contributed by atoms with E-state index in [2.05, 4.69) is 10.4 Å². The monoisotopic (exact) mass is 286 g/mol. The number of carbonyl (C=O) groups excluding carboxylic acids is 1. The number of aromatic nitrogens is 2. The molecule has 108 valence electrons. The van der Waals surface area contributed by atoms with Gasteiger partial charge < -0.3 is 11.1 Å². The van der Waals surface area contributed by atoms with Crippen LogP contribution in [0.5, 0.6) is 0 Å². The van der Waals surface area contributed by atoms with Gasteiger partial charge in [-0.1, -0.05) is 5.46 Å². The van der Waals surface area contributed by atoms with Gasteiger partial charge in [0.05, 0.1) is 29.0 Å². The molecule has 1 aliphatic carbocycles. The van der Waals surface area contributed by atoms with Crippen molar-refractivity contribution in [3.8, 4) is 0 Å². The van der Waals surface area contributed by atoms with Crippen molar-refractivity contribution in [2.45, 2.75) is 37.9 Å². The third kappa shape index (κ3) is 2.37. The van der Waals surface area contributed by atoms with Gasteiger partial charge in [-0.3, -0.25) is 4.79 Å². The summed E-state index contributed by atoms with van der Waals surface area (Å²) < 4.78 is 16.0. The summed E-state index contributed by atoms with van der Waals surface area (Å²) >= 11 is 0. The Morgan fingerprint density at radius 3 is 3.05 bits per heavy atom. The maximum atomic E-state index is 14.5. The number of amides is 1. The van der Waals surface area contributed by atoms with Gasteiger partial charge in [0.1, 0.15) is 13.5 Å². The Labute approximate surface area is 123 Å². The number of anilines is 1. The molecule has 2 radical (unpaired) electrons. The molecule has 0 aliphatic heterocycles. The Kier molecular flexibility index (Phi) is 3.15. The fourth-order valence-corrected chi connectivity index (χ4v) is 2.94. The number of rotatable bonds is 3. The minimum Gasteiger partial charge on any atom is -0.377 e. The predicted octanol–water partition coefficient (Wildman–Crippen LogP) is 0.920. The van der Waals surface area contributed by atoms with Crippen LogP contribution in [0.1, 0.15) is 36.5 Å². The number of alkyl halides is 1. The summed E-state index contributed by atoms with van der Waals surface area (Å²) in [6.07, 6.45) is 5.02. The smallest absolute Gasteiger partial charge is 0.252 e. The summed E-state index contributed by atoms with van der Waals surface area (Å²) in [6, 6.07) is 1.32. The van der Waals surface area contributed by atoms with Crippen LogP contribution < -0.4 is 16.5 Å². The van der Waals surface area contributed by atoms with Crippen molar-refractivity contribution in [2.24, 2.45) is 5.73 Å². The second kappa shape index (κ2) is 4.75. The molecule has 2 unspecified atom stereocenters. The molecule has 2 heterocycles. The quantitative estimate of drug-likeness (QED) is 0.824. The van der Waals surface area contributed by atoms with E-state index in [1.165, 1.54) is 6.20 Å². The molecule has 3 N–H and O–H groups in total. The minimum absolute atomic E-state index is 0.239. The lowest BCUT2D eigenvalue weighted by Crippen LogP contribution is -2.36. The lowest BCUT2D eigenvalue weighted by molar-refractivity contribution is 0.1000. The zero-order valence-electron chi connectivity index (χ0n) is 11.8. The first-order valence-electron chi connectivity index (χ1n) is 6.90. The van der Waals surface area contributed by atoms with Crippen LogP contribution in [-0.2, 0) is 0 Å². The van der Waals surface area contributed by atoms with E-state index >= 15 is 0 Å². The standard InChI is InChI=1S/C14H16BFN4O/c1-14(16)4-2-3-11(14)19-12-9(13(17)21)6-18-20-7-8(15)5-10(12)20/h5-7,11,19H,2-4H2,1H3,(H2,17,21). The summed E-state index contributed by atoms with van der Waals surface area (Å²) in [5, 5.41) is 7.24. The van der Waals surface area contributed by atoms with Gasteiger partial charge in [-0.25, -0.2) is 8.91 Å². The van der Waals surface area contributed by atoms with Crippen molar-refractivity contribution in [1.29, 1.82) is 0 Å². The van der Waals surface area contributed by atoms with Gasteiger partial charge >= 0.3 is 0 Å². The molecule has 3 rings (SSSR count). The Hall–Kier alpha value is -2.05. The van der Waals surface area contributed by atoms with E-state index in [9.17, 15) is 9.18 Å². The summed E-state index contributed by atoms with van der Waals surface area (Å²) in [6.45, 7) is 1.58. The largest absolute Gasteiger partial charge is 0.377 e. The molecule has 1 fully saturated rings. The van der Waals surface area contributed by atoms with Gasteiger partial charge in [0.15, 0.2) is 0 Å². The van der Waals surface area contributed by atoms with Crippen LogP contribution in [0.3, 0.4) is 0 Å². The molecule has 1 aliphatic rings. The van der Waals surface area contributed by atoms with Gasteiger partial charge in [-0.2, -0.15) is 5.10 Å². The van der Waals surface area contributed by atoms with E-state index in [4.69, 9.17) is 13.6 Å². The van der Waals surface area contributed by atoms with E-state index in [0.717, 1.165) is 6.42 Å². The number of halogens is 1. The molecule has 21 heavy (non-hydrogen) atoms. The minimum atomic E-state index is -1.31. The molecular formula is C14H16BFN4O. The second-order valence-corrected chi connectivity index (χ2v) is 5.77. The average molecular weight is 286 g/mol. The fourth-order valence-electron chi connectivity index (χ4n) is 2.94. The van der Waals surface area contributed by atoms with Gasteiger partial charge in [-0.05, 0) is 32.3 Å². The first-order valence-corrected chi connectivity index (χ1v) is 6.90. The molecule has 1 saturated carbocycles. The molecule has 0 saturated heterocycles. The number of hydrogen-bond donors (Lipinski definition) is 2. The van der Waals surface area contributed by atoms with E-state index in [-0.39, 0.29) is 11.6 Å². The number of hydrogen-bond acceptors (Lipinski definition) is 3. The van der Waals surface area contributed by atoms with Crippen LogP contribution in [0.2, 0.25) is 0 Å². The van der Waals surface area contributed by atoms with Crippen molar-refractivity contribution < 1.29 is 9.18 Å². The highest BCUT2D eigenvalue weighted by Gasteiger charge is 2.39. The van der Waals surface area contributed by atoms with Gasteiger partial charge in [0.2, 0.25) is 0 Å². The number of fused-ring (bicyclic) bond motifs is 1. The average Bonchev–Trinajstić information content (AvgIpc) is 2.92. The van der Waals surface area contributed by atoms with Crippen molar-refractivity contribution in [3.63, 3.8) is 0 Å². The van der Waals surface area contributed by atoms with E-state index in [1.54, 1.807) is 23.7 Å². The highest BCUT2D eigenvalue weighted by atomic mass is 19.1. The summed E-state index contributed by atoms with van der Waals surface area (Å²) in [7, 11) is 5.77. The van der Waals surface area contributed by atoms with E-state index in [0.29, 0.717) is 29.5 Å². The number of carbonyl (C=O) groups is 1. The number of nitrogens with zero attached hydrogens (tertiary/aromatic N) is 2. The van der Waals surface area contributed by atoms with Crippen LogP contribution in [0.15, 0.2) is 18.5 Å². The van der Waals surface area contributed by atoms with Gasteiger partial charge in [-0.15, -0.1) is 0 Å². The third-order valence-electron chi connectivity index (χ3n) is 4.13. The van der Waals surface area contributed by atoms with E-state index in [1.807, 2.05) is 0 Å². The Balaban J connectivity index is 2.10. The molecule has 0 aromatic carbocycles. The molecule has 0 bridgehead atoms. The summed E-state index contributed by atoms with van der Waals surface area (Å²) in [4.78, 5) is 11.6. The molecule has 2 aromatic heterocycles. The van der Waals surface area contributed by atoms with E-state index < -0.39 is 11.6 Å². The summed E-state index contributed by atoms with van der Waals surface area (Å²) in [5.41, 5.74) is 5.95. The van der Waals surface area contributed by atoms with Crippen molar-refractivity contribution in [1.82, 2.24) is 9.61 Å². The number of nitrogens with two attached hydrogens (primary N) is 1. The summed E-state index contributed by atoms with van der Waals surface area (Å²) in [5.74, 6) is -0.606. The number of nitrogens with one attached hydrogen (secondary N) is 1. The normalized spacial score (nSPS) is 25.3. The van der Waals surface area contributed by atoms with Crippen LogP contribution >= 0.6 is 0 Å². The lowest BCUT2D eigenvalue weighted by atomic mass is 10.00. The molecule has 1 amide bonds. The molecule has 0 spiro atoms. The van der Waals surface area contributed by atoms with Gasteiger partial charge in [0, 0.05) is 6.20 Å². The fraction of sp³-hybridized carbons (Fsp3) is 0.429. The third-order valence-corrected chi connectivity index (χ3v) is 4.13. The molecule has 2 atom stereocenters. The SMILES string of the molecule is [B]c1cc2c(NC3CCCC3(C)F)c(C(N)=O)cnn2c1. The molecule has 7 heteroatoms. The Morgan fingerprint density at radius 2 is 2.43 bits per heavy atom. The van der Waals surface area contributed by atoms with Crippen LogP contribution in [0.4, 0.5) is 10.1 Å². The van der Waals surface area contributed by atoms with Crippen LogP contribution in [0.25, 0.3) is 5.52 Å². The maximum absolute atomic E-state index is 14.5. The zero-order chi connectivity index (χ0) is 15.2. The lowest BCUT2D eigenvalue weighted by Gasteiger charge is -2.26. The first-order chi connectivity index (χ1) is 9.88. The first kappa shape index (κ1) is 13.9. The second-order valence-electron chi connectivity index (χ2n) is 5.77. The number of primary amides is 1. The predicted molar refractivity (Wildman–Crippen MR) is 79.9 cm³/mol. The molecule has 2 aromatic rings. The topological polar surface area (TPSA) is 72.4 Å². The zero-order valence-corrected chi connectivity index (χ0v) is 11.8. The highest BCUT2D eigenvalue weighted by molar-refractivity contribution is 6.33. The Morgan fingerprint density at radius 1 is 1.67 bits per heavy atom.